The molecule has 0 heterocycles. The molecule has 0 aromatic rings. The molecule has 2 unspecified atom stereocenters. The first-order chi connectivity index (χ1) is 6.28. The minimum Gasteiger partial charge on any atom is -0.856 e. The summed E-state index contributed by atoms with van der Waals surface area (Å²) in [5, 5.41) is 33.3. The topological polar surface area (TPSA) is 75.9 Å². The van der Waals surface area contributed by atoms with Gasteiger partial charge in [0.15, 0.2) is 0 Å². The quantitative estimate of drug-likeness (QED) is 0.258. The lowest BCUT2D eigenvalue weighted by atomic mass is 10.2. The van der Waals surface area contributed by atoms with E-state index in [0.717, 1.165) is 0 Å². The number of rotatable bonds is 5. The van der Waals surface area contributed by atoms with Gasteiger partial charge in [-0.05, 0) is 13.3 Å². The van der Waals surface area contributed by atoms with Gasteiger partial charge in [-0.1, -0.05) is 6.92 Å². The van der Waals surface area contributed by atoms with E-state index in [1.165, 1.54) is 6.92 Å². The summed E-state index contributed by atoms with van der Waals surface area (Å²) in [6, 6.07) is 0. The smallest absolute Gasteiger partial charge is 0.129 e. The van der Waals surface area contributed by atoms with E-state index in [2.05, 4.69) is 5.10 Å². The van der Waals surface area contributed by atoms with Crippen LogP contribution in [0.25, 0.3) is 0 Å². The highest BCUT2D eigenvalue weighted by Gasteiger charge is 2.19. The monoisotopic (exact) mass is 204 g/mol. The molecule has 2 N–H and O–H groups in total. The summed E-state index contributed by atoms with van der Waals surface area (Å²) < 4.78 is 0.0404. The Kier molecular flexibility index (Phi) is 5.04. The van der Waals surface area contributed by atoms with Crippen molar-refractivity contribution in [1.29, 1.82) is 0 Å². The Morgan fingerprint density at radius 1 is 1.43 bits per heavy atom. The van der Waals surface area contributed by atoms with Crippen molar-refractivity contribution in [1.82, 2.24) is 0 Å². The maximum Gasteiger partial charge on any atom is 0.129 e. The Balaban J connectivity index is 4.39. The molecule has 0 aliphatic rings. The van der Waals surface area contributed by atoms with Gasteiger partial charge in [0.25, 0.3) is 0 Å². The van der Waals surface area contributed by atoms with Crippen molar-refractivity contribution in [2.75, 3.05) is 20.6 Å². The Morgan fingerprint density at radius 3 is 2.29 bits per heavy atom. The van der Waals surface area contributed by atoms with E-state index < -0.39 is 18.1 Å². The third-order valence-electron chi connectivity index (χ3n) is 1.86. The second kappa shape index (κ2) is 5.29. The largest absolute Gasteiger partial charge is 0.856 e. The lowest BCUT2D eigenvalue weighted by molar-refractivity contribution is -0.901. The van der Waals surface area contributed by atoms with Crippen LogP contribution in [0.4, 0.5) is 0 Å². The van der Waals surface area contributed by atoms with Crippen LogP contribution >= 0.6 is 0 Å². The molecule has 0 radical (unpaired) electrons. The molecule has 0 bridgehead atoms. The SMILES string of the molecule is CCC(O)C[N+](C)(C)/N=C(\[O-])C(C)O. The molecule has 0 spiro atoms. The lowest BCUT2D eigenvalue weighted by Gasteiger charge is -2.27. The average molecular weight is 204 g/mol. The Morgan fingerprint density at radius 2 is 1.93 bits per heavy atom. The number of nitrogens with zero attached hydrogens (tertiary/aromatic N) is 2. The molecular weight excluding hydrogens is 184 g/mol. The molecule has 0 aliphatic heterocycles. The third-order valence-corrected chi connectivity index (χ3v) is 1.86. The Labute approximate surface area is 84.9 Å². The fourth-order valence-corrected chi connectivity index (χ4v) is 1.04. The van der Waals surface area contributed by atoms with Crippen LogP contribution in [-0.4, -0.2) is 53.6 Å². The van der Waals surface area contributed by atoms with Gasteiger partial charge < -0.3 is 15.3 Å². The van der Waals surface area contributed by atoms with E-state index >= 15 is 0 Å². The van der Waals surface area contributed by atoms with Crippen LogP contribution in [0.3, 0.4) is 0 Å². The van der Waals surface area contributed by atoms with E-state index in [4.69, 9.17) is 5.11 Å². The maximum absolute atomic E-state index is 11.1. The van der Waals surface area contributed by atoms with Crippen LogP contribution in [0, 0.1) is 0 Å². The van der Waals surface area contributed by atoms with Gasteiger partial charge >= 0.3 is 0 Å². The maximum atomic E-state index is 11.1. The summed E-state index contributed by atoms with van der Waals surface area (Å²) in [5.41, 5.74) is 0. The molecule has 2 atom stereocenters. The lowest BCUT2D eigenvalue weighted by Crippen LogP contribution is -2.44. The predicted molar refractivity (Wildman–Crippen MR) is 52.4 cm³/mol. The van der Waals surface area contributed by atoms with E-state index in [1.807, 2.05) is 6.92 Å². The van der Waals surface area contributed by atoms with Crippen LogP contribution in [-0.2, 0) is 0 Å². The van der Waals surface area contributed by atoms with E-state index in [-0.39, 0.29) is 4.59 Å². The summed E-state index contributed by atoms with van der Waals surface area (Å²) in [6.07, 6.45) is -0.929. The number of aliphatic hydroxyl groups is 2. The van der Waals surface area contributed by atoms with Crippen molar-refractivity contribution in [3.8, 4) is 0 Å². The number of likely N-dealkylation sites (N-methyl/N-ethyl adjacent to an activating group) is 1. The van der Waals surface area contributed by atoms with Crippen LogP contribution < -0.4 is 5.11 Å². The molecule has 0 saturated heterocycles. The van der Waals surface area contributed by atoms with Gasteiger partial charge in [0.1, 0.15) is 12.6 Å². The molecule has 0 saturated carbocycles. The molecule has 0 aromatic heterocycles. The van der Waals surface area contributed by atoms with Crippen molar-refractivity contribution in [3.05, 3.63) is 0 Å². The molecule has 5 heteroatoms. The van der Waals surface area contributed by atoms with Crippen LogP contribution in [0.1, 0.15) is 20.3 Å². The highest BCUT2D eigenvalue weighted by Crippen LogP contribution is 2.04. The second-order valence-corrected chi connectivity index (χ2v) is 3.98. The van der Waals surface area contributed by atoms with Gasteiger partial charge in [-0.25, -0.2) is 4.59 Å². The van der Waals surface area contributed by atoms with Gasteiger partial charge in [-0.2, -0.15) is 0 Å². The Hall–Kier alpha value is -0.650. The molecule has 0 fully saturated rings. The van der Waals surface area contributed by atoms with Crippen molar-refractivity contribution >= 4 is 5.90 Å². The summed E-state index contributed by atoms with van der Waals surface area (Å²) in [7, 11) is 3.42. The van der Waals surface area contributed by atoms with Crippen LogP contribution in [0.2, 0.25) is 0 Å². The van der Waals surface area contributed by atoms with E-state index in [0.29, 0.717) is 13.0 Å². The molecule has 5 nitrogen and oxygen atoms in total. The number of quaternary nitrogens is 1. The second-order valence-electron chi connectivity index (χ2n) is 3.98. The molecule has 84 valence electrons. The first-order valence-corrected chi connectivity index (χ1v) is 4.74. The standard InChI is InChI=1S/C9H20N2O3/c1-5-8(13)6-11(3,4)10-9(14)7(2)12/h7-8,12-13H,5-6H2,1-4H3. The van der Waals surface area contributed by atoms with Crippen molar-refractivity contribution < 1.29 is 19.9 Å². The van der Waals surface area contributed by atoms with Crippen molar-refractivity contribution in [3.63, 3.8) is 0 Å². The van der Waals surface area contributed by atoms with Gasteiger partial charge in [0.2, 0.25) is 0 Å². The molecule has 0 aliphatic carbocycles. The molecular formula is C9H20N2O3. The molecule has 0 amide bonds. The zero-order chi connectivity index (χ0) is 11.4. The normalized spacial score (nSPS) is 18.0. The summed E-state index contributed by atoms with van der Waals surface area (Å²) in [6.45, 7) is 3.61. The van der Waals surface area contributed by atoms with Crippen molar-refractivity contribution in [2.45, 2.75) is 32.5 Å². The Bertz CT molecular complexity index is 202. The zero-order valence-corrected chi connectivity index (χ0v) is 9.27. The minimum atomic E-state index is -1.08. The van der Waals surface area contributed by atoms with Gasteiger partial charge in [-0.3, -0.25) is 0 Å². The van der Waals surface area contributed by atoms with Crippen LogP contribution in [0.5, 0.6) is 0 Å². The van der Waals surface area contributed by atoms with Gasteiger partial charge in [-0.15, -0.1) is 5.10 Å². The number of aliphatic hydroxyl groups excluding tert-OH is 2. The average Bonchev–Trinajstić information content (AvgIpc) is 2.02. The number of hydrogen-bond acceptors (Lipinski definition) is 4. The fourth-order valence-electron chi connectivity index (χ4n) is 1.04. The third kappa shape index (κ3) is 5.16. The zero-order valence-electron chi connectivity index (χ0n) is 9.27. The number of hydrogen-bond donors (Lipinski definition) is 2. The first-order valence-electron chi connectivity index (χ1n) is 4.74. The first kappa shape index (κ1) is 13.4. The minimum absolute atomic E-state index is 0.0404. The van der Waals surface area contributed by atoms with Gasteiger partial charge in [0.05, 0.1) is 20.2 Å². The van der Waals surface area contributed by atoms with Gasteiger partial charge in [0, 0.05) is 5.90 Å². The highest BCUT2D eigenvalue weighted by molar-refractivity contribution is 5.74. The summed E-state index contributed by atoms with van der Waals surface area (Å²) in [5.74, 6) is -0.557. The predicted octanol–water partition coefficient (Wildman–Crippen LogP) is -1.11. The molecule has 0 rings (SSSR count). The summed E-state index contributed by atoms with van der Waals surface area (Å²) in [4.78, 5) is 0. The molecule has 0 aromatic carbocycles. The van der Waals surface area contributed by atoms with Crippen molar-refractivity contribution in [2.24, 2.45) is 5.10 Å². The van der Waals surface area contributed by atoms with Crippen LogP contribution in [0.15, 0.2) is 5.10 Å². The highest BCUT2D eigenvalue weighted by atomic mass is 16.3. The summed E-state index contributed by atoms with van der Waals surface area (Å²) >= 11 is 0. The van der Waals surface area contributed by atoms with E-state index in [1.54, 1.807) is 14.1 Å². The fraction of sp³-hybridized carbons (Fsp3) is 0.889. The molecule has 14 heavy (non-hydrogen) atoms. The van der Waals surface area contributed by atoms with E-state index in [9.17, 15) is 10.2 Å².